The second-order valence-corrected chi connectivity index (χ2v) is 10.8. The summed E-state index contributed by atoms with van der Waals surface area (Å²) in [4.78, 5) is 3.42. The molecular weight excluding hydrogens is 538 g/mol. The zero-order valence-electron chi connectivity index (χ0n) is 21.5. The Morgan fingerprint density at radius 2 is 1.60 bits per heavy atom. The molecule has 2 N–H and O–H groups in total. The maximum Gasteiger partial charge on any atom is 0.573 e. The van der Waals surface area contributed by atoms with Gasteiger partial charge in [-0.2, -0.15) is 13.2 Å². The lowest BCUT2D eigenvalue weighted by Gasteiger charge is -2.46. The van der Waals surface area contributed by atoms with E-state index in [1.165, 1.54) is 23.1 Å². The van der Waals surface area contributed by atoms with Crippen LogP contribution in [0.2, 0.25) is 0 Å². The van der Waals surface area contributed by atoms with Gasteiger partial charge in [0.05, 0.1) is 12.1 Å². The van der Waals surface area contributed by atoms with Crippen molar-refractivity contribution in [2.45, 2.75) is 43.0 Å². The third-order valence-electron chi connectivity index (χ3n) is 7.46. The predicted octanol–water partition coefficient (Wildman–Crippen LogP) is 5.43. The number of para-hydroxylation sites is 1. The number of nitrogens with zero attached hydrogens (tertiary/aromatic N) is 2. The van der Waals surface area contributed by atoms with Gasteiger partial charge in [0.25, 0.3) is 0 Å². The highest BCUT2D eigenvalue weighted by molar-refractivity contribution is 5.67. The number of alkyl halides is 6. The summed E-state index contributed by atoms with van der Waals surface area (Å²) in [6, 6.07) is 19.8. The van der Waals surface area contributed by atoms with Crippen molar-refractivity contribution in [1.29, 1.82) is 0 Å². The summed E-state index contributed by atoms with van der Waals surface area (Å²) < 4.78 is 83.4. The fraction of sp³-hybridized carbons (Fsp3) is 0.379. The van der Waals surface area contributed by atoms with E-state index >= 15 is 0 Å². The molecule has 0 saturated carbocycles. The number of anilines is 2. The Labute approximate surface area is 227 Å². The van der Waals surface area contributed by atoms with E-state index in [-0.39, 0.29) is 13.0 Å². The largest absolute Gasteiger partial charge is 0.573 e. The summed E-state index contributed by atoms with van der Waals surface area (Å²) >= 11 is 0. The van der Waals surface area contributed by atoms with Crippen LogP contribution in [0.25, 0.3) is 0 Å². The molecule has 3 aromatic carbocycles. The van der Waals surface area contributed by atoms with Crippen molar-refractivity contribution < 1.29 is 41.3 Å². The van der Waals surface area contributed by atoms with E-state index in [1.807, 2.05) is 29.2 Å². The molecule has 1 saturated heterocycles. The van der Waals surface area contributed by atoms with Gasteiger partial charge >= 0.3 is 12.5 Å². The predicted molar refractivity (Wildman–Crippen MR) is 138 cm³/mol. The Bertz CT molecular complexity index is 1370. The van der Waals surface area contributed by atoms with Crippen molar-refractivity contribution in [2.75, 3.05) is 36.0 Å². The first-order valence-corrected chi connectivity index (χ1v) is 12.7. The number of halogens is 6. The molecule has 0 aliphatic carbocycles. The molecule has 0 bridgehead atoms. The number of ether oxygens (including phenoxy) is 1. The molecule has 2 heterocycles. The molecule has 0 amide bonds. The Morgan fingerprint density at radius 3 is 2.27 bits per heavy atom. The normalized spacial score (nSPS) is 21.1. The lowest BCUT2D eigenvalue weighted by atomic mass is 9.71. The maximum atomic E-state index is 13.3. The summed E-state index contributed by atoms with van der Waals surface area (Å²) in [5.74, 6) is -0.438. The van der Waals surface area contributed by atoms with Gasteiger partial charge in [-0.15, -0.1) is 13.2 Å². The SMILES string of the molecule is CC1(O)CN(c2cccc(CC3(c4cccc(OC(F)(F)F)c4)CN(C[C@@H](O)C(F)(F)F)c4ccccc43)c2)C1. The number of hydrogen-bond donors (Lipinski definition) is 2. The van der Waals surface area contributed by atoms with Crippen LogP contribution in [-0.4, -0.2) is 60.6 Å². The van der Waals surface area contributed by atoms with Crippen LogP contribution in [0.5, 0.6) is 5.75 Å². The quantitative estimate of drug-likeness (QED) is 0.374. The third-order valence-corrected chi connectivity index (χ3v) is 7.46. The fourth-order valence-electron chi connectivity index (χ4n) is 5.79. The Kier molecular flexibility index (Phi) is 6.94. The van der Waals surface area contributed by atoms with E-state index in [9.17, 15) is 36.6 Å². The highest BCUT2D eigenvalue weighted by Gasteiger charge is 2.48. The molecule has 2 atom stereocenters. The molecule has 2 aliphatic rings. The molecule has 0 aromatic heterocycles. The maximum absolute atomic E-state index is 13.3. The molecular formula is C29H28F6N2O3. The van der Waals surface area contributed by atoms with E-state index in [1.54, 1.807) is 37.3 Å². The number of benzene rings is 3. The number of hydrogen-bond acceptors (Lipinski definition) is 5. The topological polar surface area (TPSA) is 56.2 Å². The van der Waals surface area contributed by atoms with Crippen LogP contribution in [0.1, 0.15) is 23.6 Å². The number of aliphatic hydroxyl groups excluding tert-OH is 1. The molecule has 0 radical (unpaired) electrons. The molecule has 11 heteroatoms. The van der Waals surface area contributed by atoms with Crippen molar-refractivity contribution in [3.8, 4) is 5.75 Å². The van der Waals surface area contributed by atoms with Gasteiger partial charge in [-0.1, -0.05) is 42.5 Å². The van der Waals surface area contributed by atoms with Crippen molar-refractivity contribution in [3.05, 3.63) is 89.5 Å². The lowest BCUT2D eigenvalue weighted by Crippen LogP contribution is -2.60. The average Bonchev–Trinajstić information content (AvgIpc) is 3.15. The first-order chi connectivity index (χ1) is 18.7. The highest BCUT2D eigenvalue weighted by Crippen LogP contribution is 2.48. The van der Waals surface area contributed by atoms with Crippen LogP contribution in [-0.2, 0) is 11.8 Å². The first kappa shape index (κ1) is 28.1. The van der Waals surface area contributed by atoms with Gasteiger partial charge in [-0.05, 0) is 60.4 Å². The summed E-state index contributed by atoms with van der Waals surface area (Å²) in [6.07, 6.45) is -12.1. The second-order valence-electron chi connectivity index (χ2n) is 10.8. The molecule has 40 heavy (non-hydrogen) atoms. The minimum atomic E-state index is -4.92. The van der Waals surface area contributed by atoms with Crippen LogP contribution in [0.15, 0.2) is 72.8 Å². The lowest BCUT2D eigenvalue weighted by molar-refractivity contribution is -0.274. The zero-order valence-corrected chi connectivity index (χ0v) is 21.5. The molecule has 1 fully saturated rings. The van der Waals surface area contributed by atoms with Crippen molar-refractivity contribution in [1.82, 2.24) is 0 Å². The van der Waals surface area contributed by atoms with Crippen LogP contribution in [0, 0.1) is 0 Å². The summed E-state index contributed by atoms with van der Waals surface area (Å²) in [6.45, 7) is 1.86. The minimum absolute atomic E-state index is 0.0163. The highest BCUT2D eigenvalue weighted by atomic mass is 19.4. The van der Waals surface area contributed by atoms with Crippen LogP contribution in [0.3, 0.4) is 0 Å². The number of β-amino-alcohol motifs (C(OH)–C–C–N with tert-alkyl or cyclic N) is 2. The Hall–Kier alpha value is -3.44. The Morgan fingerprint density at radius 1 is 0.900 bits per heavy atom. The van der Waals surface area contributed by atoms with E-state index < -0.39 is 42.0 Å². The molecule has 3 aromatic rings. The van der Waals surface area contributed by atoms with Crippen molar-refractivity contribution >= 4 is 11.4 Å². The van der Waals surface area contributed by atoms with Gasteiger partial charge in [0, 0.05) is 36.4 Å². The smallest absolute Gasteiger partial charge is 0.406 e. The van der Waals surface area contributed by atoms with Crippen LogP contribution < -0.4 is 14.5 Å². The number of aliphatic hydroxyl groups is 2. The molecule has 0 spiro atoms. The van der Waals surface area contributed by atoms with E-state index in [0.717, 1.165) is 11.3 Å². The molecule has 214 valence electrons. The second kappa shape index (κ2) is 9.88. The van der Waals surface area contributed by atoms with Gasteiger partial charge in [0.2, 0.25) is 0 Å². The summed E-state index contributed by atoms with van der Waals surface area (Å²) in [7, 11) is 0. The van der Waals surface area contributed by atoms with E-state index in [2.05, 4.69) is 4.74 Å². The number of rotatable bonds is 7. The molecule has 1 unspecified atom stereocenters. The van der Waals surface area contributed by atoms with E-state index in [0.29, 0.717) is 29.9 Å². The van der Waals surface area contributed by atoms with Gasteiger partial charge in [-0.3, -0.25) is 0 Å². The summed E-state index contributed by atoms with van der Waals surface area (Å²) in [5, 5.41) is 20.1. The van der Waals surface area contributed by atoms with Gasteiger partial charge in [0.1, 0.15) is 5.75 Å². The summed E-state index contributed by atoms with van der Waals surface area (Å²) in [5.41, 5.74) is 1.31. The minimum Gasteiger partial charge on any atom is -0.406 e. The first-order valence-electron chi connectivity index (χ1n) is 12.7. The zero-order chi connectivity index (χ0) is 28.9. The number of fused-ring (bicyclic) bond motifs is 1. The fourth-order valence-corrected chi connectivity index (χ4v) is 5.79. The van der Waals surface area contributed by atoms with Gasteiger partial charge in [-0.25, -0.2) is 0 Å². The molecule has 5 rings (SSSR count). The Balaban J connectivity index is 1.59. The third kappa shape index (κ3) is 5.71. The average molecular weight is 567 g/mol. The molecule has 5 nitrogen and oxygen atoms in total. The monoisotopic (exact) mass is 566 g/mol. The van der Waals surface area contributed by atoms with E-state index in [4.69, 9.17) is 0 Å². The van der Waals surface area contributed by atoms with Crippen molar-refractivity contribution in [2.24, 2.45) is 0 Å². The van der Waals surface area contributed by atoms with Crippen LogP contribution in [0.4, 0.5) is 37.7 Å². The molecule has 2 aliphatic heterocycles. The van der Waals surface area contributed by atoms with Gasteiger partial charge in [0.15, 0.2) is 6.10 Å². The standard InChI is InChI=1S/C29H28F6N2O3/c1-26(39)16-37(17-26)21-8-4-6-19(12-21)14-27(20-7-5-9-22(13-20)40-29(33,34)35)18-36(15-25(38)28(30,31)32)24-11-3-2-10-23(24)27/h2-13,25,38-39H,14-18H2,1H3/t25-,27?/m1/s1. The van der Waals surface area contributed by atoms with Gasteiger partial charge < -0.3 is 24.7 Å². The van der Waals surface area contributed by atoms with Crippen molar-refractivity contribution in [3.63, 3.8) is 0 Å². The van der Waals surface area contributed by atoms with Crippen LogP contribution >= 0.6 is 0 Å².